The number of hydrogen-bond donors (Lipinski definition) is 1. The van der Waals surface area contributed by atoms with Gasteiger partial charge in [-0.2, -0.15) is 0 Å². The lowest BCUT2D eigenvalue weighted by Gasteiger charge is -2.26. The van der Waals surface area contributed by atoms with E-state index in [2.05, 4.69) is 4.90 Å². The van der Waals surface area contributed by atoms with Crippen molar-refractivity contribution < 1.29 is 5.11 Å². The third-order valence-corrected chi connectivity index (χ3v) is 5.80. The zero-order valence-electron chi connectivity index (χ0n) is 9.93. The SMILES string of the molecule is OC1CCCc2nc(N3CC4CCC3C4)sc21. The van der Waals surface area contributed by atoms with Crippen molar-refractivity contribution >= 4 is 16.5 Å². The summed E-state index contributed by atoms with van der Waals surface area (Å²) in [5, 5.41) is 11.2. The van der Waals surface area contributed by atoms with E-state index in [-0.39, 0.29) is 6.10 Å². The van der Waals surface area contributed by atoms with Gasteiger partial charge in [-0.1, -0.05) is 11.3 Å². The zero-order valence-corrected chi connectivity index (χ0v) is 10.7. The zero-order chi connectivity index (χ0) is 11.4. The van der Waals surface area contributed by atoms with Crippen molar-refractivity contribution in [1.29, 1.82) is 0 Å². The Bertz CT molecular complexity index is 445. The predicted molar refractivity (Wildman–Crippen MR) is 68.5 cm³/mol. The lowest BCUT2D eigenvalue weighted by Crippen LogP contribution is -2.31. The van der Waals surface area contributed by atoms with Crippen molar-refractivity contribution in [3.63, 3.8) is 0 Å². The van der Waals surface area contributed by atoms with Crippen LogP contribution in [0.3, 0.4) is 0 Å². The van der Waals surface area contributed by atoms with E-state index in [4.69, 9.17) is 4.98 Å². The van der Waals surface area contributed by atoms with Crippen LogP contribution >= 0.6 is 11.3 Å². The molecule has 4 heteroatoms. The minimum absolute atomic E-state index is 0.246. The van der Waals surface area contributed by atoms with Crippen LogP contribution in [0.1, 0.15) is 48.8 Å². The second-order valence-corrected chi connectivity index (χ2v) is 6.71. The van der Waals surface area contributed by atoms with Gasteiger partial charge in [0.05, 0.1) is 16.7 Å². The molecule has 2 aliphatic carbocycles. The number of anilines is 1. The second-order valence-electron chi connectivity index (χ2n) is 5.70. The largest absolute Gasteiger partial charge is 0.388 e. The van der Waals surface area contributed by atoms with E-state index in [0.29, 0.717) is 0 Å². The normalized spacial score (nSPS) is 35.4. The predicted octanol–water partition coefficient (Wildman–Crippen LogP) is 2.50. The molecule has 1 N–H and O–H groups in total. The monoisotopic (exact) mass is 250 g/mol. The molecule has 2 fully saturated rings. The van der Waals surface area contributed by atoms with Gasteiger partial charge in [-0.05, 0) is 44.4 Å². The number of rotatable bonds is 1. The summed E-state index contributed by atoms with van der Waals surface area (Å²) in [6.07, 6.45) is 6.94. The molecule has 0 aromatic carbocycles. The first kappa shape index (κ1) is 10.3. The minimum atomic E-state index is -0.246. The number of nitrogens with zero attached hydrogens (tertiary/aromatic N) is 2. The first-order valence-corrected chi connectivity index (χ1v) is 7.57. The molecule has 17 heavy (non-hydrogen) atoms. The van der Waals surface area contributed by atoms with Crippen molar-refractivity contribution in [2.45, 2.75) is 50.7 Å². The maximum absolute atomic E-state index is 10.0. The number of thiazole rings is 1. The van der Waals surface area contributed by atoms with Crippen molar-refractivity contribution in [1.82, 2.24) is 4.98 Å². The van der Waals surface area contributed by atoms with Gasteiger partial charge in [0.15, 0.2) is 5.13 Å². The summed E-state index contributed by atoms with van der Waals surface area (Å²) in [5.74, 6) is 0.908. The molecule has 3 unspecified atom stereocenters. The minimum Gasteiger partial charge on any atom is -0.388 e. The Balaban J connectivity index is 1.66. The van der Waals surface area contributed by atoms with E-state index in [1.165, 1.54) is 36.6 Å². The maximum atomic E-state index is 10.0. The lowest BCUT2D eigenvalue weighted by atomic mass is 10.0. The quantitative estimate of drug-likeness (QED) is 0.832. The van der Waals surface area contributed by atoms with Crippen LogP contribution in [0.15, 0.2) is 0 Å². The fourth-order valence-electron chi connectivity index (χ4n) is 3.67. The topological polar surface area (TPSA) is 36.4 Å². The Kier molecular flexibility index (Phi) is 2.24. The number of fused-ring (bicyclic) bond motifs is 3. The Labute approximate surface area is 105 Å². The summed E-state index contributed by atoms with van der Waals surface area (Å²) >= 11 is 1.75. The highest BCUT2D eigenvalue weighted by Crippen LogP contribution is 2.44. The lowest BCUT2D eigenvalue weighted by molar-refractivity contribution is 0.160. The summed E-state index contributed by atoms with van der Waals surface area (Å²) in [5.41, 5.74) is 1.17. The fourth-order valence-corrected chi connectivity index (χ4v) is 4.88. The van der Waals surface area contributed by atoms with Crippen molar-refractivity contribution in [3.8, 4) is 0 Å². The molecule has 0 spiro atoms. The van der Waals surface area contributed by atoms with Gasteiger partial charge in [0, 0.05) is 12.6 Å². The Hall–Kier alpha value is -0.610. The van der Waals surface area contributed by atoms with Crippen molar-refractivity contribution in [3.05, 3.63) is 10.6 Å². The molecular formula is C13H18N2OS. The summed E-state index contributed by atoms with van der Waals surface area (Å²) in [4.78, 5) is 8.44. The van der Waals surface area contributed by atoms with E-state index in [1.807, 2.05) is 0 Å². The second kappa shape index (κ2) is 3.69. The number of aryl methyl sites for hydroxylation is 1. The number of aliphatic hydroxyl groups excluding tert-OH is 1. The summed E-state index contributed by atoms with van der Waals surface area (Å²) in [6, 6.07) is 0.741. The van der Waals surface area contributed by atoms with Crippen LogP contribution in [0.5, 0.6) is 0 Å². The molecule has 1 saturated heterocycles. The first-order chi connectivity index (χ1) is 8.31. The number of aromatic nitrogens is 1. The molecule has 1 saturated carbocycles. The van der Waals surface area contributed by atoms with Crippen LogP contribution in [-0.4, -0.2) is 22.7 Å². The summed E-state index contributed by atoms with van der Waals surface area (Å²) in [6.45, 7) is 1.20. The van der Waals surface area contributed by atoms with Gasteiger partial charge in [0.2, 0.25) is 0 Å². The van der Waals surface area contributed by atoms with E-state index in [9.17, 15) is 5.11 Å². The van der Waals surface area contributed by atoms with Gasteiger partial charge < -0.3 is 10.0 Å². The fraction of sp³-hybridized carbons (Fsp3) is 0.769. The van der Waals surface area contributed by atoms with E-state index >= 15 is 0 Å². The number of aliphatic hydroxyl groups is 1. The third kappa shape index (κ3) is 1.54. The van der Waals surface area contributed by atoms with Crippen LogP contribution in [0, 0.1) is 5.92 Å². The van der Waals surface area contributed by atoms with Gasteiger partial charge in [-0.15, -0.1) is 0 Å². The van der Waals surface area contributed by atoms with Gasteiger partial charge in [0.1, 0.15) is 0 Å². The summed E-state index contributed by atoms with van der Waals surface area (Å²) in [7, 11) is 0. The van der Waals surface area contributed by atoms with Gasteiger partial charge >= 0.3 is 0 Å². The average Bonchev–Trinajstić information content (AvgIpc) is 3.03. The van der Waals surface area contributed by atoms with E-state index in [0.717, 1.165) is 36.1 Å². The molecule has 0 radical (unpaired) electrons. The Morgan fingerprint density at radius 2 is 2.24 bits per heavy atom. The van der Waals surface area contributed by atoms with E-state index < -0.39 is 0 Å². The Morgan fingerprint density at radius 1 is 1.29 bits per heavy atom. The highest BCUT2D eigenvalue weighted by atomic mass is 32.1. The molecule has 3 atom stereocenters. The molecule has 3 nitrogen and oxygen atoms in total. The number of hydrogen-bond acceptors (Lipinski definition) is 4. The van der Waals surface area contributed by atoms with Crippen LogP contribution < -0.4 is 4.90 Å². The smallest absolute Gasteiger partial charge is 0.186 e. The molecular weight excluding hydrogens is 232 g/mol. The van der Waals surface area contributed by atoms with Crippen molar-refractivity contribution in [2.24, 2.45) is 5.92 Å². The highest BCUT2D eigenvalue weighted by Gasteiger charge is 2.39. The molecule has 1 aliphatic heterocycles. The standard InChI is InChI=1S/C13H18N2OS/c16-11-3-1-2-10-12(11)17-13(14-10)15-7-8-4-5-9(15)6-8/h8-9,11,16H,1-7H2. The van der Waals surface area contributed by atoms with Gasteiger partial charge in [-0.3, -0.25) is 0 Å². The van der Waals surface area contributed by atoms with E-state index in [1.54, 1.807) is 11.3 Å². The molecule has 3 aliphatic rings. The highest BCUT2D eigenvalue weighted by molar-refractivity contribution is 7.15. The molecule has 92 valence electrons. The summed E-state index contributed by atoms with van der Waals surface area (Å²) < 4.78 is 0. The molecule has 0 amide bonds. The van der Waals surface area contributed by atoms with Crippen LogP contribution in [0.2, 0.25) is 0 Å². The molecule has 4 rings (SSSR count). The first-order valence-electron chi connectivity index (χ1n) is 6.75. The molecule has 2 heterocycles. The van der Waals surface area contributed by atoms with Crippen LogP contribution in [0.4, 0.5) is 5.13 Å². The third-order valence-electron chi connectivity index (χ3n) is 4.56. The van der Waals surface area contributed by atoms with Gasteiger partial charge in [-0.25, -0.2) is 4.98 Å². The maximum Gasteiger partial charge on any atom is 0.186 e. The van der Waals surface area contributed by atoms with Crippen molar-refractivity contribution in [2.75, 3.05) is 11.4 Å². The van der Waals surface area contributed by atoms with Crippen LogP contribution in [-0.2, 0) is 6.42 Å². The molecule has 2 bridgehead atoms. The van der Waals surface area contributed by atoms with Gasteiger partial charge in [0.25, 0.3) is 0 Å². The molecule has 1 aromatic rings. The Morgan fingerprint density at radius 3 is 2.94 bits per heavy atom. The average molecular weight is 250 g/mol. The van der Waals surface area contributed by atoms with Crippen LogP contribution in [0.25, 0.3) is 0 Å². The number of piperidine rings is 1. The molecule has 1 aromatic heterocycles.